The third kappa shape index (κ3) is 5.10. The van der Waals surface area contributed by atoms with Crippen LogP contribution >= 0.6 is 0 Å². The molecule has 0 N–H and O–H groups in total. The number of sulfone groups is 1. The number of nitrogens with zero attached hydrogens (tertiary/aromatic N) is 1. The monoisotopic (exact) mass is 421 g/mol. The van der Waals surface area contributed by atoms with E-state index in [1.807, 2.05) is 0 Å². The van der Waals surface area contributed by atoms with Crippen LogP contribution in [0, 0.1) is 5.41 Å². The first-order chi connectivity index (χ1) is 13.1. The molecule has 0 saturated carbocycles. The zero-order chi connectivity index (χ0) is 21.8. The summed E-state index contributed by atoms with van der Waals surface area (Å²) in [7, 11) is -2.91. The van der Waals surface area contributed by atoms with E-state index >= 15 is 0 Å². The predicted molar refractivity (Wildman–Crippen MR) is 122 cm³/mol. The molecule has 1 saturated heterocycles. The molecule has 5 heteroatoms. The van der Waals surface area contributed by atoms with Gasteiger partial charge in [-0.3, -0.25) is 0 Å². The summed E-state index contributed by atoms with van der Waals surface area (Å²) >= 11 is 0. The summed E-state index contributed by atoms with van der Waals surface area (Å²) in [6, 6.07) is 4.57. The SMILES string of the molecule is CC1CC(C)(C)Oc2cc(C(C)(C)CC(C)(C)C)cc(N3CCS(=O)(=O)CC3)c21. The van der Waals surface area contributed by atoms with Crippen LogP contribution in [0.2, 0.25) is 0 Å². The van der Waals surface area contributed by atoms with Crippen molar-refractivity contribution in [1.29, 1.82) is 0 Å². The van der Waals surface area contributed by atoms with Crippen molar-refractivity contribution in [1.82, 2.24) is 0 Å². The van der Waals surface area contributed by atoms with E-state index in [4.69, 9.17) is 4.74 Å². The van der Waals surface area contributed by atoms with Gasteiger partial charge in [-0.25, -0.2) is 8.42 Å². The van der Waals surface area contributed by atoms with Crippen molar-refractivity contribution in [3.05, 3.63) is 23.3 Å². The van der Waals surface area contributed by atoms with Crippen LogP contribution in [0.1, 0.15) is 85.3 Å². The Hall–Kier alpha value is -1.23. The average Bonchev–Trinajstić information content (AvgIpc) is 2.50. The van der Waals surface area contributed by atoms with Crippen LogP contribution in [-0.4, -0.2) is 38.6 Å². The minimum Gasteiger partial charge on any atom is -0.487 e. The van der Waals surface area contributed by atoms with Gasteiger partial charge in [0, 0.05) is 24.3 Å². The smallest absolute Gasteiger partial charge is 0.153 e. The number of hydrogen-bond donors (Lipinski definition) is 0. The predicted octanol–water partition coefficient (Wildman–Crippen LogP) is 5.30. The molecule has 3 rings (SSSR count). The molecule has 0 amide bonds. The van der Waals surface area contributed by atoms with Crippen LogP contribution in [-0.2, 0) is 15.3 Å². The molecule has 0 aliphatic carbocycles. The van der Waals surface area contributed by atoms with Crippen LogP contribution in [0.15, 0.2) is 12.1 Å². The van der Waals surface area contributed by atoms with Gasteiger partial charge in [0.1, 0.15) is 11.4 Å². The highest BCUT2D eigenvalue weighted by molar-refractivity contribution is 7.91. The van der Waals surface area contributed by atoms with E-state index in [1.54, 1.807) is 0 Å². The number of hydrogen-bond acceptors (Lipinski definition) is 4. The molecule has 4 nitrogen and oxygen atoms in total. The van der Waals surface area contributed by atoms with Gasteiger partial charge >= 0.3 is 0 Å². The second-order valence-corrected chi connectivity index (χ2v) is 13.9. The highest BCUT2D eigenvalue weighted by atomic mass is 32.2. The van der Waals surface area contributed by atoms with Gasteiger partial charge in [0.05, 0.1) is 11.5 Å². The van der Waals surface area contributed by atoms with Crippen LogP contribution in [0.25, 0.3) is 0 Å². The van der Waals surface area contributed by atoms with Crippen LogP contribution in [0.5, 0.6) is 5.75 Å². The van der Waals surface area contributed by atoms with Gasteiger partial charge in [0.15, 0.2) is 9.84 Å². The van der Waals surface area contributed by atoms with Gasteiger partial charge in [-0.15, -0.1) is 0 Å². The van der Waals surface area contributed by atoms with Crippen LogP contribution < -0.4 is 9.64 Å². The molecule has 1 aromatic carbocycles. The number of anilines is 1. The molecule has 1 unspecified atom stereocenters. The van der Waals surface area contributed by atoms with E-state index in [-0.39, 0.29) is 27.9 Å². The number of ether oxygens (including phenoxy) is 1. The Morgan fingerprint density at radius 2 is 1.69 bits per heavy atom. The van der Waals surface area contributed by atoms with Gasteiger partial charge in [0.25, 0.3) is 0 Å². The Morgan fingerprint density at radius 3 is 2.24 bits per heavy atom. The van der Waals surface area contributed by atoms with Crippen molar-refractivity contribution in [2.24, 2.45) is 5.41 Å². The van der Waals surface area contributed by atoms with Crippen molar-refractivity contribution in [3.63, 3.8) is 0 Å². The van der Waals surface area contributed by atoms with Gasteiger partial charge in [0.2, 0.25) is 0 Å². The highest BCUT2D eigenvalue weighted by Crippen LogP contribution is 2.49. The number of rotatable bonds is 3. The fourth-order valence-electron chi connectivity index (χ4n) is 5.40. The second kappa shape index (κ2) is 7.18. The van der Waals surface area contributed by atoms with Crippen molar-refractivity contribution in [2.75, 3.05) is 29.5 Å². The van der Waals surface area contributed by atoms with E-state index in [0.29, 0.717) is 19.0 Å². The third-order valence-electron chi connectivity index (χ3n) is 6.24. The molecule has 2 aliphatic rings. The lowest BCUT2D eigenvalue weighted by Crippen LogP contribution is -2.42. The summed E-state index contributed by atoms with van der Waals surface area (Å²) in [5, 5.41) is 0. The van der Waals surface area contributed by atoms with E-state index < -0.39 is 9.84 Å². The minimum atomic E-state index is -2.91. The van der Waals surface area contributed by atoms with Crippen LogP contribution in [0.4, 0.5) is 5.69 Å². The van der Waals surface area contributed by atoms with Gasteiger partial charge < -0.3 is 9.64 Å². The Bertz CT molecular complexity index is 864. The molecule has 2 aliphatic heterocycles. The Labute approximate surface area is 177 Å². The van der Waals surface area contributed by atoms with Gasteiger partial charge in [-0.2, -0.15) is 0 Å². The first kappa shape index (κ1) is 22.5. The summed E-state index contributed by atoms with van der Waals surface area (Å²) in [5.74, 6) is 1.83. The first-order valence-corrected chi connectivity index (χ1v) is 12.7. The van der Waals surface area contributed by atoms with E-state index in [9.17, 15) is 8.42 Å². The molecule has 0 bridgehead atoms. The quantitative estimate of drug-likeness (QED) is 0.664. The molecule has 0 spiro atoms. The fraction of sp³-hybridized carbons (Fsp3) is 0.750. The molecule has 1 atom stereocenters. The molecule has 2 heterocycles. The van der Waals surface area contributed by atoms with Crippen molar-refractivity contribution >= 4 is 15.5 Å². The Morgan fingerprint density at radius 1 is 1.10 bits per heavy atom. The van der Waals surface area contributed by atoms with Gasteiger partial charge in [-0.1, -0.05) is 41.5 Å². The van der Waals surface area contributed by atoms with Crippen LogP contribution in [0.3, 0.4) is 0 Å². The first-order valence-electron chi connectivity index (χ1n) is 10.9. The lowest BCUT2D eigenvalue weighted by molar-refractivity contribution is 0.0745. The number of fused-ring (bicyclic) bond motifs is 1. The van der Waals surface area contributed by atoms with Crippen molar-refractivity contribution in [2.45, 2.75) is 85.2 Å². The Balaban J connectivity index is 2.11. The average molecular weight is 422 g/mol. The largest absolute Gasteiger partial charge is 0.487 e. The second-order valence-electron chi connectivity index (χ2n) is 11.6. The van der Waals surface area contributed by atoms with Gasteiger partial charge in [-0.05, 0) is 61.1 Å². The Kier molecular flexibility index (Phi) is 5.56. The molecule has 0 radical (unpaired) electrons. The summed E-state index contributed by atoms with van der Waals surface area (Å²) in [5.41, 5.74) is 3.72. The van der Waals surface area contributed by atoms with Crippen molar-refractivity contribution < 1.29 is 13.2 Å². The zero-order valence-corrected chi connectivity index (χ0v) is 20.4. The zero-order valence-electron chi connectivity index (χ0n) is 19.6. The minimum absolute atomic E-state index is 0.00190. The van der Waals surface area contributed by atoms with E-state index in [2.05, 4.69) is 72.4 Å². The summed E-state index contributed by atoms with van der Waals surface area (Å²) in [4.78, 5) is 2.27. The molecule has 1 aromatic rings. The van der Waals surface area contributed by atoms with E-state index in [1.165, 1.54) is 16.8 Å². The topological polar surface area (TPSA) is 46.6 Å². The maximum atomic E-state index is 12.0. The lowest BCUT2D eigenvalue weighted by atomic mass is 9.71. The number of benzene rings is 1. The molecule has 164 valence electrons. The third-order valence-corrected chi connectivity index (χ3v) is 7.85. The molecule has 1 fully saturated rings. The summed E-state index contributed by atoms with van der Waals surface area (Å²) in [6.45, 7) is 19.2. The maximum Gasteiger partial charge on any atom is 0.153 e. The maximum absolute atomic E-state index is 12.0. The lowest BCUT2D eigenvalue weighted by Gasteiger charge is -2.42. The highest BCUT2D eigenvalue weighted by Gasteiger charge is 2.37. The molecule has 29 heavy (non-hydrogen) atoms. The summed E-state index contributed by atoms with van der Waals surface area (Å²) < 4.78 is 30.5. The van der Waals surface area contributed by atoms with E-state index in [0.717, 1.165) is 18.6 Å². The normalized spacial score (nSPS) is 24.0. The molecular weight excluding hydrogens is 382 g/mol. The fourth-order valence-corrected chi connectivity index (χ4v) is 6.61. The molecular formula is C24H39NO3S. The summed E-state index contributed by atoms with van der Waals surface area (Å²) in [6.07, 6.45) is 2.02. The van der Waals surface area contributed by atoms with Crippen molar-refractivity contribution in [3.8, 4) is 5.75 Å². The molecule has 0 aromatic heterocycles. The standard InChI is InChI=1S/C24H39NO3S/c1-17-15-24(7,8)28-20-14-18(23(5,6)16-22(2,3)4)13-19(21(17)20)25-9-11-29(26,27)12-10-25/h13-14,17H,9-12,15-16H2,1-8H3.